The second kappa shape index (κ2) is 5.23. The number of aromatic carboxylic acids is 1. The van der Waals surface area contributed by atoms with Gasteiger partial charge in [-0.15, -0.1) is 5.10 Å². The summed E-state index contributed by atoms with van der Waals surface area (Å²) in [6, 6.07) is 1.79. The summed E-state index contributed by atoms with van der Waals surface area (Å²) in [5, 5.41) is 21.1. The molecule has 8 nitrogen and oxygen atoms in total. The Morgan fingerprint density at radius 3 is 2.95 bits per heavy atom. The van der Waals surface area contributed by atoms with Gasteiger partial charge >= 0.3 is 5.97 Å². The molecule has 3 heterocycles. The molecule has 1 N–H and O–H groups in total. The summed E-state index contributed by atoms with van der Waals surface area (Å²) in [4.78, 5) is 11.3. The minimum Gasteiger partial charge on any atom is -0.476 e. The maximum atomic E-state index is 11.3. The van der Waals surface area contributed by atoms with Gasteiger partial charge in [0, 0.05) is 23.9 Å². The molecule has 0 unspecified atom stereocenters. The molecule has 21 heavy (non-hydrogen) atoms. The number of carbonyl (C=O) groups is 1. The zero-order chi connectivity index (χ0) is 14.8. The Kier molecular flexibility index (Phi) is 3.27. The number of carboxylic acids is 1. The minimum atomic E-state index is -1.12. The van der Waals surface area contributed by atoms with Crippen LogP contribution in [0.5, 0.6) is 0 Å². The third-order valence-electron chi connectivity index (χ3n) is 3.08. The van der Waals surface area contributed by atoms with Crippen molar-refractivity contribution in [3.05, 3.63) is 42.2 Å². The molecule has 0 aliphatic heterocycles. The standard InChI is InChI=1S/C13H13N5O3/c1-2-17-7-10(5-14-17)12-11(13(19)20)15-16-18(12)6-9-3-4-21-8-9/h3-5,7-8H,2,6H2,1H3,(H,19,20). The van der Waals surface area contributed by atoms with Gasteiger partial charge in [0.05, 0.1) is 25.3 Å². The summed E-state index contributed by atoms with van der Waals surface area (Å²) in [7, 11) is 0. The number of hydrogen-bond donors (Lipinski definition) is 1. The molecule has 3 rings (SSSR count). The van der Waals surface area contributed by atoms with Crippen LogP contribution in [0.4, 0.5) is 0 Å². The average Bonchev–Trinajstić information content (AvgIpc) is 3.18. The molecule has 0 bridgehead atoms. The summed E-state index contributed by atoms with van der Waals surface area (Å²) in [6.07, 6.45) is 6.53. The van der Waals surface area contributed by atoms with E-state index in [4.69, 9.17) is 4.42 Å². The summed E-state index contributed by atoms with van der Waals surface area (Å²) >= 11 is 0. The lowest BCUT2D eigenvalue weighted by molar-refractivity contribution is 0.0691. The normalized spacial score (nSPS) is 10.9. The van der Waals surface area contributed by atoms with Gasteiger partial charge in [-0.05, 0) is 13.0 Å². The van der Waals surface area contributed by atoms with Gasteiger partial charge in [-0.2, -0.15) is 5.10 Å². The van der Waals surface area contributed by atoms with Crippen molar-refractivity contribution in [2.24, 2.45) is 0 Å². The molecule has 3 aromatic rings. The average molecular weight is 287 g/mol. The van der Waals surface area contributed by atoms with Gasteiger partial charge in [-0.3, -0.25) is 4.68 Å². The third-order valence-corrected chi connectivity index (χ3v) is 3.08. The Bertz CT molecular complexity index is 757. The maximum Gasteiger partial charge on any atom is 0.358 e. The molecule has 0 fully saturated rings. The molecular formula is C13H13N5O3. The van der Waals surface area contributed by atoms with Crippen molar-refractivity contribution >= 4 is 5.97 Å². The van der Waals surface area contributed by atoms with Crippen LogP contribution in [0.25, 0.3) is 11.3 Å². The lowest BCUT2D eigenvalue weighted by Gasteiger charge is -2.03. The quantitative estimate of drug-likeness (QED) is 0.763. The number of aromatic nitrogens is 5. The van der Waals surface area contributed by atoms with Crippen molar-refractivity contribution in [1.29, 1.82) is 0 Å². The first-order chi connectivity index (χ1) is 10.2. The summed E-state index contributed by atoms with van der Waals surface area (Å²) in [6.45, 7) is 3.03. The molecule has 108 valence electrons. The van der Waals surface area contributed by atoms with E-state index in [0.29, 0.717) is 24.3 Å². The zero-order valence-electron chi connectivity index (χ0n) is 11.3. The first-order valence-corrected chi connectivity index (χ1v) is 6.39. The van der Waals surface area contributed by atoms with Crippen LogP contribution in [0, 0.1) is 0 Å². The van der Waals surface area contributed by atoms with Gasteiger partial charge in [0.25, 0.3) is 0 Å². The molecule has 0 spiro atoms. The van der Waals surface area contributed by atoms with Crippen molar-refractivity contribution in [3.63, 3.8) is 0 Å². The van der Waals surface area contributed by atoms with Crippen molar-refractivity contribution in [3.8, 4) is 11.3 Å². The van der Waals surface area contributed by atoms with Crippen LogP contribution in [0.15, 0.2) is 35.4 Å². The van der Waals surface area contributed by atoms with Crippen LogP contribution in [0.3, 0.4) is 0 Å². The first kappa shape index (κ1) is 13.1. The zero-order valence-corrected chi connectivity index (χ0v) is 11.3. The molecule has 8 heteroatoms. The fraction of sp³-hybridized carbons (Fsp3) is 0.231. The van der Waals surface area contributed by atoms with E-state index in [-0.39, 0.29) is 5.69 Å². The topological polar surface area (TPSA) is 99.0 Å². The van der Waals surface area contributed by atoms with E-state index in [2.05, 4.69) is 15.4 Å². The molecule has 0 amide bonds. The molecule has 0 aliphatic carbocycles. The van der Waals surface area contributed by atoms with Crippen LogP contribution in [-0.2, 0) is 13.1 Å². The fourth-order valence-electron chi connectivity index (χ4n) is 2.07. The van der Waals surface area contributed by atoms with E-state index in [1.165, 1.54) is 4.68 Å². The Labute approximate surface area is 119 Å². The van der Waals surface area contributed by atoms with Gasteiger partial charge in [-0.25, -0.2) is 9.48 Å². The Morgan fingerprint density at radius 2 is 2.33 bits per heavy atom. The highest BCUT2D eigenvalue weighted by Crippen LogP contribution is 2.23. The van der Waals surface area contributed by atoms with Crippen LogP contribution in [-0.4, -0.2) is 35.9 Å². The minimum absolute atomic E-state index is 0.0888. The van der Waals surface area contributed by atoms with Crippen LogP contribution in [0.2, 0.25) is 0 Å². The van der Waals surface area contributed by atoms with Gasteiger partial charge in [0.15, 0.2) is 5.69 Å². The SMILES string of the molecule is CCn1cc(-c2c(C(=O)O)nnn2Cc2ccoc2)cn1. The van der Waals surface area contributed by atoms with E-state index in [1.54, 1.807) is 35.7 Å². The second-order valence-corrected chi connectivity index (χ2v) is 4.47. The van der Waals surface area contributed by atoms with Crippen molar-refractivity contribution in [2.45, 2.75) is 20.0 Å². The Hall–Kier alpha value is -2.90. The Balaban J connectivity index is 2.06. The molecule has 3 aromatic heterocycles. The molecule has 0 saturated carbocycles. The monoisotopic (exact) mass is 287 g/mol. The highest BCUT2D eigenvalue weighted by molar-refractivity contribution is 5.92. The maximum absolute atomic E-state index is 11.3. The van der Waals surface area contributed by atoms with Crippen molar-refractivity contribution in [2.75, 3.05) is 0 Å². The number of carboxylic acid groups (broad SMARTS) is 1. The van der Waals surface area contributed by atoms with E-state index in [0.717, 1.165) is 5.56 Å². The number of rotatable bonds is 5. The molecular weight excluding hydrogens is 274 g/mol. The van der Waals surface area contributed by atoms with E-state index in [9.17, 15) is 9.90 Å². The number of nitrogens with zero attached hydrogens (tertiary/aromatic N) is 5. The van der Waals surface area contributed by atoms with Crippen LogP contribution >= 0.6 is 0 Å². The summed E-state index contributed by atoms with van der Waals surface area (Å²) in [5.74, 6) is -1.12. The second-order valence-electron chi connectivity index (χ2n) is 4.47. The van der Waals surface area contributed by atoms with E-state index in [1.807, 2.05) is 6.92 Å². The first-order valence-electron chi connectivity index (χ1n) is 6.39. The lowest BCUT2D eigenvalue weighted by Crippen LogP contribution is -2.05. The predicted octanol–water partition coefficient (Wildman–Crippen LogP) is 1.50. The fourth-order valence-corrected chi connectivity index (χ4v) is 2.07. The van der Waals surface area contributed by atoms with E-state index < -0.39 is 5.97 Å². The van der Waals surface area contributed by atoms with Gasteiger partial charge in [0.1, 0.15) is 5.69 Å². The third kappa shape index (κ3) is 2.42. The summed E-state index contributed by atoms with van der Waals surface area (Å²) < 4.78 is 8.27. The molecule has 0 saturated heterocycles. The van der Waals surface area contributed by atoms with Crippen LogP contribution in [0.1, 0.15) is 23.0 Å². The highest BCUT2D eigenvalue weighted by atomic mass is 16.4. The lowest BCUT2D eigenvalue weighted by atomic mass is 10.2. The van der Waals surface area contributed by atoms with Crippen LogP contribution < -0.4 is 0 Å². The van der Waals surface area contributed by atoms with Gasteiger partial charge < -0.3 is 9.52 Å². The van der Waals surface area contributed by atoms with Gasteiger partial charge in [-0.1, -0.05) is 5.21 Å². The number of hydrogen-bond acceptors (Lipinski definition) is 5. The van der Waals surface area contributed by atoms with Gasteiger partial charge in [0.2, 0.25) is 0 Å². The molecule has 0 radical (unpaired) electrons. The molecule has 0 atom stereocenters. The Morgan fingerprint density at radius 1 is 1.48 bits per heavy atom. The molecule has 0 aromatic carbocycles. The highest BCUT2D eigenvalue weighted by Gasteiger charge is 2.22. The molecule has 0 aliphatic rings. The largest absolute Gasteiger partial charge is 0.476 e. The van der Waals surface area contributed by atoms with E-state index >= 15 is 0 Å². The van der Waals surface area contributed by atoms with Crippen molar-refractivity contribution in [1.82, 2.24) is 24.8 Å². The number of aryl methyl sites for hydroxylation is 1. The smallest absolute Gasteiger partial charge is 0.358 e. The predicted molar refractivity (Wildman–Crippen MR) is 71.7 cm³/mol. The van der Waals surface area contributed by atoms with Crippen molar-refractivity contribution < 1.29 is 14.3 Å². The summed E-state index contributed by atoms with van der Waals surface area (Å²) in [5.41, 5.74) is 1.89. The number of furan rings is 1.